The summed E-state index contributed by atoms with van der Waals surface area (Å²) in [6.07, 6.45) is -0.308. The molecule has 0 heterocycles. The second-order valence-corrected chi connectivity index (χ2v) is 8.13. The molecule has 1 rings (SSSR count). The first-order valence-electron chi connectivity index (χ1n) is 8.88. The van der Waals surface area contributed by atoms with Gasteiger partial charge in [0.2, 0.25) is 0 Å². The van der Waals surface area contributed by atoms with Gasteiger partial charge in [0, 0.05) is 0 Å². The van der Waals surface area contributed by atoms with Crippen LogP contribution in [0.2, 0.25) is 0 Å². The van der Waals surface area contributed by atoms with Gasteiger partial charge in [0.05, 0.1) is 19.3 Å². The van der Waals surface area contributed by atoms with E-state index < -0.39 is 31.7 Å². The Morgan fingerprint density at radius 1 is 1.00 bits per heavy atom. The number of ether oxygens (including phenoxy) is 2. The van der Waals surface area contributed by atoms with Crippen molar-refractivity contribution in [2.45, 2.75) is 59.4 Å². The Hall–Kier alpha value is -1.73. The van der Waals surface area contributed by atoms with Crippen molar-refractivity contribution in [3.63, 3.8) is 0 Å². The van der Waals surface area contributed by atoms with Gasteiger partial charge >= 0.3 is 19.6 Å². The van der Waals surface area contributed by atoms with Crippen LogP contribution < -0.4 is 10.2 Å². The molecule has 27 heavy (non-hydrogen) atoms. The number of hydrogen-bond acceptors (Lipinski definition) is 6. The summed E-state index contributed by atoms with van der Waals surface area (Å²) in [5.41, 5.74) is 0.794. The molecule has 0 aromatic heterocycles. The molecule has 152 valence electrons. The van der Waals surface area contributed by atoms with E-state index in [0.717, 1.165) is 5.56 Å². The minimum atomic E-state index is -3.77. The van der Waals surface area contributed by atoms with Crippen LogP contribution >= 0.6 is 7.67 Å². The molecule has 0 spiro atoms. The summed E-state index contributed by atoms with van der Waals surface area (Å²) in [5, 5.41) is 5.26. The van der Waals surface area contributed by atoms with Gasteiger partial charge in [0.1, 0.15) is 12.1 Å². The third kappa shape index (κ3) is 8.67. The van der Waals surface area contributed by atoms with Crippen LogP contribution in [0, 0.1) is 0 Å². The number of carbonyl (C=O) groups excluding carboxylic acids is 2. The lowest BCUT2D eigenvalue weighted by molar-refractivity contribution is -0.149. The van der Waals surface area contributed by atoms with Crippen molar-refractivity contribution in [1.82, 2.24) is 10.2 Å². The van der Waals surface area contributed by atoms with E-state index in [1.165, 1.54) is 13.8 Å². The van der Waals surface area contributed by atoms with Gasteiger partial charge in [-0.05, 0) is 40.2 Å². The van der Waals surface area contributed by atoms with E-state index in [1.54, 1.807) is 20.8 Å². The van der Waals surface area contributed by atoms with Gasteiger partial charge in [-0.15, -0.1) is 0 Å². The van der Waals surface area contributed by atoms with Gasteiger partial charge < -0.3 is 14.0 Å². The zero-order chi connectivity index (χ0) is 20.4. The molecule has 3 atom stereocenters. The molecule has 1 aromatic carbocycles. The van der Waals surface area contributed by atoms with E-state index in [9.17, 15) is 14.2 Å². The predicted octanol–water partition coefficient (Wildman–Crippen LogP) is 2.78. The van der Waals surface area contributed by atoms with E-state index in [2.05, 4.69) is 10.2 Å². The third-order valence-corrected chi connectivity index (χ3v) is 5.28. The fraction of sp³-hybridized carbons (Fsp3) is 0.556. The predicted molar refractivity (Wildman–Crippen MR) is 102 cm³/mol. The second-order valence-electron chi connectivity index (χ2n) is 6.25. The molecule has 0 saturated heterocycles. The number of nitrogens with one attached hydrogen (secondary N) is 2. The van der Waals surface area contributed by atoms with Crippen LogP contribution in [0.15, 0.2) is 30.3 Å². The molecule has 8 nitrogen and oxygen atoms in total. The molecule has 1 aromatic rings. The largest absolute Gasteiger partial charge is 0.465 e. The molecular weight excluding hydrogens is 371 g/mol. The average molecular weight is 400 g/mol. The molecule has 3 unspecified atom stereocenters. The first-order valence-corrected chi connectivity index (χ1v) is 10.5. The zero-order valence-corrected chi connectivity index (χ0v) is 17.3. The smallest absolute Gasteiger partial charge is 0.342 e. The maximum atomic E-state index is 13.2. The lowest BCUT2D eigenvalue weighted by Crippen LogP contribution is -2.42. The molecule has 2 N–H and O–H groups in total. The standard InChI is InChI=1S/C18H29N2O6P/c1-6-24-17(21)14(4)19-27(23,20-15(5)18(22)26-13(2)3)25-12-16-10-8-7-9-11-16/h7-11,13-15H,6,12H2,1-5H3,(H2,19,20,23). The van der Waals surface area contributed by atoms with E-state index in [1.807, 2.05) is 30.3 Å². The van der Waals surface area contributed by atoms with Crippen LogP contribution in [0.4, 0.5) is 0 Å². The molecule has 0 saturated carbocycles. The van der Waals surface area contributed by atoms with Crippen molar-refractivity contribution < 1.29 is 28.2 Å². The summed E-state index contributed by atoms with van der Waals surface area (Å²) in [7, 11) is -3.77. The van der Waals surface area contributed by atoms with E-state index >= 15 is 0 Å². The summed E-state index contributed by atoms with van der Waals surface area (Å²) in [6, 6.07) is 7.34. The highest BCUT2D eigenvalue weighted by Gasteiger charge is 2.33. The SMILES string of the molecule is CCOC(=O)C(C)NP(=O)(NC(C)C(=O)OC(C)C)OCc1ccccc1. The fourth-order valence-corrected chi connectivity index (χ4v) is 3.85. The van der Waals surface area contributed by atoms with Crippen LogP contribution in [0.5, 0.6) is 0 Å². The van der Waals surface area contributed by atoms with Crippen LogP contribution in [-0.2, 0) is 34.8 Å². The summed E-state index contributed by atoms with van der Waals surface area (Å²) in [4.78, 5) is 23.9. The van der Waals surface area contributed by atoms with Crippen molar-refractivity contribution in [3.8, 4) is 0 Å². The molecular formula is C18H29N2O6P. The number of hydrogen-bond donors (Lipinski definition) is 2. The second kappa shape index (κ2) is 11.2. The van der Waals surface area contributed by atoms with Crippen LogP contribution in [0.25, 0.3) is 0 Å². The molecule has 0 radical (unpaired) electrons. The van der Waals surface area contributed by atoms with Crippen molar-refractivity contribution in [2.75, 3.05) is 6.61 Å². The Morgan fingerprint density at radius 2 is 1.56 bits per heavy atom. The first-order chi connectivity index (χ1) is 12.7. The summed E-state index contributed by atoms with van der Waals surface area (Å²) < 4.78 is 28.8. The van der Waals surface area contributed by atoms with Gasteiger partial charge in [-0.1, -0.05) is 30.3 Å². The summed E-state index contributed by atoms with van der Waals surface area (Å²) >= 11 is 0. The normalized spacial score (nSPS) is 15.6. The van der Waals surface area contributed by atoms with Crippen LogP contribution in [-0.4, -0.2) is 36.7 Å². The Kier molecular flexibility index (Phi) is 9.66. The Morgan fingerprint density at radius 3 is 2.07 bits per heavy atom. The summed E-state index contributed by atoms with van der Waals surface area (Å²) in [6.45, 7) is 8.37. The maximum Gasteiger partial charge on any atom is 0.342 e. The number of benzene rings is 1. The lowest BCUT2D eigenvalue weighted by atomic mass is 10.2. The van der Waals surface area contributed by atoms with E-state index in [0.29, 0.717) is 0 Å². The molecule has 0 amide bonds. The van der Waals surface area contributed by atoms with Gasteiger partial charge in [-0.25, -0.2) is 10.2 Å². The fourth-order valence-electron chi connectivity index (χ4n) is 2.07. The third-order valence-electron chi connectivity index (χ3n) is 3.33. The molecule has 0 aliphatic carbocycles. The van der Waals surface area contributed by atoms with Gasteiger partial charge in [-0.2, -0.15) is 0 Å². The Labute approximate surface area is 160 Å². The van der Waals surface area contributed by atoms with Crippen molar-refractivity contribution in [2.24, 2.45) is 0 Å². The Bertz CT molecular complexity index is 653. The number of carbonyl (C=O) groups is 2. The molecule has 9 heteroatoms. The average Bonchev–Trinajstić information content (AvgIpc) is 2.60. The molecule has 0 aliphatic rings. The van der Waals surface area contributed by atoms with Gasteiger partial charge in [0.25, 0.3) is 0 Å². The highest BCUT2D eigenvalue weighted by molar-refractivity contribution is 7.54. The van der Waals surface area contributed by atoms with Crippen molar-refractivity contribution in [1.29, 1.82) is 0 Å². The molecule has 0 aliphatic heterocycles. The van der Waals surface area contributed by atoms with E-state index in [4.69, 9.17) is 14.0 Å². The summed E-state index contributed by atoms with van der Waals surface area (Å²) in [5.74, 6) is -1.14. The topological polar surface area (TPSA) is 103 Å². The monoisotopic (exact) mass is 400 g/mol. The molecule has 0 bridgehead atoms. The maximum absolute atomic E-state index is 13.2. The number of rotatable bonds is 11. The minimum Gasteiger partial charge on any atom is -0.465 e. The zero-order valence-electron chi connectivity index (χ0n) is 16.4. The minimum absolute atomic E-state index is 0.0274. The van der Waals surface area contributed by atoms with Crippen LogP contribution in [0.3, 0.4) is 0 Å². The van der Waals surface area contributed by atoms with Crippen molar-refractivity contribution in [3.05, 3.63) is 35.9 Å². The van der Waals surface area contributed by atoms with Crippen molar-refractivity contribution >= 4 is 19.6 Å². The van der Waals surface area contributed by atoms with E-state index in [-0.39, 0.29) is 19.3 Å². The molecule has 0 fully saturated rings. The van der Waals surface area contributed by atoms with Gasteiger partial charge in [-0.3, -0.25) is 14.2 Å². The highest BCUT2D eigenvalue weighted by Crippen LogP contribution is 2.40. The number of esters is 2. The van der Waals surface area contributed by atoms with Gasteiger partial charge in [0.15, 0.2) is 0 Å². The first kappa shape index (κ1) is 23.3. The quantitative estimate of drug-likeness (QED) is 0.432. The Balaban J connectivity index is 2.87. The lowest BCUT2D eigenvalue weighted by Gasteiger charge is -2.26. The highest BCUT2D eigenvalue weighted by atomic mass is 31.2. The van der Waals surface area contributed by atoms with Crippen LogP contribution in [0.1, 0.15) is 40.2 Å².